The molecule has 0 aromatic rings. The lowest BCUT2D eigenvalue weighted by atomic mass is 10.2. The summed E-state index contributed by atoms with van der Waals surface area (Å²) in [7, 11) is 0. The van der Waals surface area contributed by atoms with Crippen molar-refractivity contribution in [2.45, 2.75) is 25.4 Å². The van der Waals surface area contributed by atoms with Gasteiger partial charge in [-0.3, -0.25) is 4.79 Å². The predicted molar refractivity (Wildman–Crippen MR) is 40.7 cm³/mol. The van der Waals surface area contributed by atoms with Gasteiger partial charge in [0.1, 0.15) is 0 Å². The third-order valence-corrected chi connectivity index (χ3v) is 1.88. The third kappa shape index (κ3) is 1.79. The van der Waals surface area contributed by atoms with Crippen molar-refractivity contribution in [3.63, 3.8) is 0 Å². The van der Waals surface area contributed by atoms with Gasteiger partial charge in [-0.05, 0) is 25.5 Å². The summed E-state index contributed by atoms with van der Waals surface area (Å²) in [5.41, 5.74) is 0. The maximum absolute atomic E-state index is 12.8. The van der Waals surface area contributed by atoms with Crippen molar-refractivity contribution in [1.29, 1.82) is 0 Å². The first-order chi connectivity index (χ1) is 5.25. The van der Waals surface area contributed by atoms with E-state index in [1.165, 1.54) is 11.1 Å². The average molecular weight is 157 g/mol. The number of hydrogen-bond donors (Lipinski definition) is 0. The van der Waals surface area contributed by atoms with Crippen molar-refractivity contribution in [3.8, 4) is 0 Å². The van der Waals surface area contributed by atoms with Gasteiger partial charge in [-0.15, -0.1) is 0 Å². The number of amides is 1. The van der Waals surface area contributed by atoms with Gasteiger partial charge in [-0.1, -0.05) is 6.58 Å². The highest BCUT2D eigenvalue weighted by Gasteiger charge is 2.24. The number of likely N-dealkylation sites (tertiary alicyclic amines) is 1. The summed E-state index contributed by atoms with van der Waals surface area (Å²) in [6, 6.07) is 0. The van der Waals surface area contributed by atoms with Crippen LogP contribution in [0.4, 0.5) is 4.39 Å². The van der Waals surface area contributed by atoms with Crippen LogP contribution in [0.15, 0.2) is 12.8 Å². The van der Waals surface area contributed by atoms with Crippen LogP contribution in [0.3, 0.4) is 0 Å². The van der Waals surface area contributed by atoms with E-state index in [4.69, 9.17) is 0 Å². The molecule has 0 aromatic heterocycles. The summed E-state index contributed by atoms with van der Waals surface area (Å²) >= 11 is 0. The van der Waals surface area contributed by atoms with E-state index in [0.29, 0.717) is 13.0 Å². The van der Waals surface area contributed by atoms with Crippen molar-refractivity contribution in [2.75, 3.05) is 6.54 Å². The van der Waals surface area contributed by atoms with E-state index in [9.17, 15) is 9.18 Å². The Morgan fingerprint density at radius 1 is 1.64 bits per heavy atom. The second-order valence-electron chi connectivity index (χ2n) is 2.68. The molecule has 0 N–H and O–H groups in total. The first-order valence-electron chi connectivity index (χ1n) is 3.83. The standard InChI is InChI=1S/C8H12FNO/c1-2-10-6-4-3-5-7(9)8(10)11/h2,7H,1,3-6H2. The molecule has 1 atom stereocenters. The molecule has 0 saturated carbocycles. The van der Waals surface area contributed by atoms with Gasteiger partial charge in [0, 0.05) is 6.54 Å². The van der Waals surface area contributed by atoms with Crippen molar-refractivity contribution in [2.24, 2.45) is 0 Å². The van der Waals surface area contributed by atoms with Gasteiger partial charge in [0.2, 0.25) is 0 Å². The van der Waals surface area contributed by atoms with Crippen LogP contribution in [0.5, 0.6) is 0 Å². The maximum Gasteiger partial charge on any atom is 0.261 e. The normalized spacial score (nSPS) is 26.5. The van der Waals surface area contributed by atoms with Crippen LogP contribution < -0.4 is 0 Å². The lowest BCUT2D eigenvalue weighted by Crippen LogP contribution is -2.31. The summed E-state index contributed by atoms with van der Waals surface area (Å²) in [5, 5.41) is 0. The Morgan fingerprint density at radius 2 is 2.36 bits per heavy atom. The van der Waals surface area contributed by atoms with Gasteiger partial charge in [-0.25, -0.2) is 4.39 Å². The van der Waals surface area contributed by atoms with Crippen molar-refractivity contribution >= 4 is 5.91 Å². The molecule has 0 aromatic carbocycles. The zero-order valence-electron chi connectivity index (χ0n) is 6.42. The molecule has 3 heteroatoms. The molecule has 0 bridgehead atoms. The summed E-state index contributed by atoms with van der Waals surface area (Å²) in [4.78, 5) is 12.4. The van der Waals surface area contributed by atoms with Crippen LogP contribution in [0.25, 0.3) is 0 Å². The van der Waals surface area contributed by atoms with Crippen molar-refractivity contribution in [1.82, 2.24) is 4.90 Å². The molecule has 1 rings (SSSR count). The molecule has 1 heterocycles. The number of alkyl halides is 1. The number of rotatable bonds is 1. The number of carbonyl (C=O) groups excluding carboxylic acids is 1. The molecule has 1 aliphatic heterocycles. The lowest BCUT2D eigenvalue weighted by molar-refractivity contribution is -0.133. The molecule has 0 spiro atoms. The molecule has 1 unspecified atom stereocenters. The largest absolute Gasteiger partial charge is 0.317 e. The van der Waals surface area contributed by atoms with E-state index in [1.807, 2.05) is 0 Å². The van der Waals surface area contributed by atoms with Crippen LogP contribution in [0, 0.1) is 0 Å². The number of hydrogen-bond acceptors (Lipinski definition) is 1. The quantitative estimate of drug-likeness (QED) is 0.564. The Bertz CT molecular complexity index is 169. The Kier molecular flexibility index (Phi) is 2.63. The minimum absolute atomic E-state index is 0.364. The first-order valence-corrected chi connectivity index (χ1v) is 3.83. The van der Waals surface area contributed by atoms with Gasteiger partial charge in [0.05, 0.1) is 0 Å². The molecular weight excluding hydrogens is 145 g/mol. The van der Waals surface area contributed by atoms with E-state index in [0.717, 1.165) is 12.8 Å². The molecule has 1 amide bonds. The molecule has 0 aliphatic carbocycles. The summed E-state index contributed by atoms with van der Waals surface area (Å²) in [6.45, 7) is 4.06. The van der Waals surface area contributed by atoms with E-state index >= 15 is 0 Å². The zero-order chi connectivity index (χ0) is 8.27. The molecule has 11 heavy (non-hydrogen) atoms. The monoisotopic (exact) mass is 157 g/mol. The van der Waals surface area contributed by atoms with Crippen LogP contribution in [0.1, 0.15) is 19.3 Å². The first kappa shape index (κ1) is 8.24. The Labute approximate surface area is 65.7 Å². The average Bonchev–Trinajstić information content (AvgIpc) is 2.16. The van der Waals surface area contributed by atoms with Crippen LogP contribution in [-0.4, -0.2) is 23.5 Å². The van der Waals surface area contributed by atoms with E-state index in [2.05, 4.69) is 6.58 Å². The van der Waals surface area contributed by atoms with Gasteiger partial charge < -0.3 is 4.90 Å². The number of nitrogens with zero attached hydrogens (tertiary/aromatic N) is 1. The van der Waals surface area contributed by atoms with Gasteiger partial charge >= 0.3 is 0 Å². The second kappa shape index (κ2) is 3.51. The Balaban J connectivity index is 2.63. The lowest BCUT2D eigenvalue weighted by Gasteiger charge is -2.15. The number of carbonyl (C=O) groups is 1. The minimum Gasteiger partial charge on any atom is -0.317 e. The van der Waals surface area contributed by atoms with E-state index in [1.54, 1.807) is 0 Å². The van der Waals surface area contributed by atoms with Crippen molar-refractivity contribution < 1.29 is 9.18 Å². The maximum atomic E-state index is 12.8. The fraction of sp³-hybridized carbons (Fsp3) is 0.625. The van der Waals surface area contributed by atoms with Gasteiger partial charge in [0.15, 0.2) is 6.17 Å². The highest BCUT2D eigenvalue weighted by molar-refractivity contribution is 5.81. The topological polar surface area (TPSA) is 20.3 Å². The smallest absolute Gasteiger partial charge is 0.261 e. The highest BCUT2D eigenvalue weighted by Crippen LogP contribution is 2.14. The molecular formula is C8H12FNO. The predicted octanol–water partition coefficient (Wildman–Crippen LogP) is 1.48. The third-order valence-electron chi connectivity index (χ3n) is 1.88. The minimum atomic E-state index is -1.31. The van der Waals surface area contributed by atoms with Crippen LogP contribution >= 0.6 is 0 Å². The number of halogens is 1. The fourth-order valence-electron chi connectivity index (χ4n) is 1.20. The zero-order valence-corrected chi connectivity index (χ0v) is 6.42. The summed E-state index contributed by atoms with van der Waals surface area (Å²) in [5.74, 6) is -0.433. The molecule has 1 aliphatic rings. The van der Waals surface area contributed by atoms with Crippen LogP contribution in [0.2, 0.25) is 0 Å². The fourth-order valence-corrected chi connectivity index (χ4v) is 1.20. The molecule has 62 valence electrons. The Hall–Kier alpha value is -0.860. The second-order valence-corrected chi connectivity index (χ2v) is 2.68. The van der Waals surface area contributed by atoms with E-state index < -0.39 is 12.1 Å². The molecule has 0 radical (unpaired) electrons. The highest BCUT2D eigenvalue weighted by atomic mass is 19.1. The van der Waals surface area contributed by atoms with Crippen LogP contribution in [-0.2, 0) is 4.79 Å². The summed E-state index contributed by atoms with van der Waals surface area (Å²) < 4.78 is 12.8. The van der Waals surface area contributed by atoms with Gasteiger partial charge in [0.25, 0.3) is 5.91 Å². The van der Waals surface area contributed by atoms with E-state index in [-0.39, 0.29) is 0 Å². The SMILES string of the molecule is C=CN1CCCCC(F)C1=O. The van der Waals surface area contributed by atoms with Crippen molar-refractivity contribution in [3.05, 3.63) is 12.8 Å². The molecule has 1 fully saturated rings. The Morgan fingerprint density at radius 3 is 3.00 bits per heavy atom. The van der Waals surface area contributed by atoms with Gasteiger partial charge in [-0.2, -0.15) is 0 Å². The molecule has 2 nitrogen and oxygen atoms in total. The molecule has 1 saturated heterocycles. The summed E-state index contributed by atoms with van der Waals surface area (Å²) in [6.07, 6.45) is 2.12.